The molecular formula is C10H22N2OS. The van der Waals surface area contributed by atoms with Gasteiger partial charge in [0.05, 0.1) is 12.7 Å². The van der Waals surface area contributed by atoms with Crippen LogP contribution in [0.5, 0.6) is 0 Å². The normalized spacial score (nSPS) is 26.4. The van der Waals surface area contributed by atoms with Crippen molar-refractivity contribution >= 4 is 11.8 Å². The second-order valence-electron chi connectivity index (χ2n) is 3.77. The summed E-state index contributed by atoms with van der Waals surface area (Å²) in [6.07, 6.45) is 0.232. The molecule has 0 radical (unpaired) electrons. The van der Waals surface area contributed by atoms with Crippen LogP contribution in [0.25, 0.3) is 0 Å². The number of nitrogens with zero attached hydrogens (tertiary/aromatic N) is 1. The highest BCUT2D eigenvalue weighted by Gasteiger charge is 2.22. The summed E-state index contributed by atoms with van der Waals surface area (Å²) >= 11 is 2.00. The minimum atomic E-state index is 0.150. The number of morpholine rings is 1. The van der Waals surface area contributed by atoms with Crippen LogP contribution in [-0.2, 0) is 4.74 Å². The molecule has 0 aromatic heterocycles. The molecule has 84 valence electrons. The average molecular weight is 218 g/mol. The zero-order chi connectivity index (χ0) is 10.4. The molecule has 2 atom stereocenters. The Morgan fingerprint density at radius 2 is 2.43 bits per heavy atom. The molecule has 0 aromatic rings. The number of thioether (sulfide) groups is 1. The van der Waals surface area contributed by atoms with Crippen LogP contribution in [0, 0.1) is 0 Å². The quantitative estimate of drug-likeness (QED) is 0.692. The van der Waals surface area contributed by atoms with Crippen LogP contribution in [-0.4, -0.2) is 54.8 Å². The highest BCUT2D eigenvalue weighted by Crippen LogP contribution is 2.09. The third kappa shape index (κ3) is 4.17. The van der Waals surface area contributed by atoms with Crippen LogP contribution < -0.4 is 5.73 Å². The zero-order valence-corrected chi connectivity index (χ0v) is 10.1. The molecule has 1 aliphatic rings. The van der Waals surface area contributed by atoms with E-state index < -0.39 is 0 Å². The Balaban J connectivity index is 2.19. The van der Waals surface area contributed by atoms with Crippen molar-refractivity contribution in [3.8, 4) is 0 Å². The van der Waals surface area contributed by atoms with E-state index in [1.54, 1.807) is 0 Å². The smallest absolute Gasteiger partial charge is 0.0850 e. The fourth-order valence-corrected chi connectivity index (χ4v) is 2.27. The van der Waals surface area contributed by atoms with Gasteiger partial charge in [-0.3, -0.25) is 4.90 Å². The Morgan fingerprint density at radius 3 is 3.07 bits per heavy atom. The number of nitrogens with two attached hydrogens (primary N) is 1. The van der Waals surface area contributed by atoms with Gasteiger partial charge in [0.25, 0.3) is 0 Å². The number of ether oxygens (including phenoxy) is 1. The largest absolute Gasteiger partial charge is 0.374 e. The summed E-state index contributed by atoms with van der Waals surface area (Å²) < 4.78 is 5.60. The first-order chi connectivity index (χ1) is 6.74. The van der Waals surface area contributed by atoms with E-state index in [1.165, 1.54) is 18.1 Å². The molecule has 4 heteroatoms. The Morgan fingerprint density at radius 1 is 1.64 bits per heavy atom. The van der Waals surface area contributed by atoms with Gasteiger partial charge in [-0.05, 0) is 12.7 Å². The molecule has 0 aromatic carbocycles. The van der Waals surface area contributed by atoms with Crippen molar-refractivity contribution in [1.82, 2.24) is 4.90 Å². The predicted molar refractivity (Wildman–Crippen MR) is 62.8 cm³/mol. The van der Waals surface area contributed by atoms with E-state index in [4.69, 9.17) is 10.5 Å². The first-order valence-corrected chi connectivity index (χ1v) is 6.56. The Bertz CT molecular complexity index is 155. The Kier molecular flexibility index (Phi) is 5.86. The summed E-state index contributed by atoms with van der Waals surface area (Å²) in [6, 6.07) is 0.150. The van der Waals surface area contributed by atoms with Gasteiger partial charge < -0.3 is 10.5 Å². The molecule has 1 saturated heterocycles. The first-order valence-electron chi connectivity index (χ1n) is 5.41. The molecule has 0 aliphatic carbocycles. The summed E-state index contributed by atoms with van der Waals surface area (Å²) in [5.41, 5.74) is 5.83. The summed E-state index contributed by atoms with van der Waals surface area (Å²) in [7, 11) is 0. The summed E-state index contributed by atoms with van der Waals surface area (Å²) in [5.74, 6) is 2.43. The van der Waals surface area contributed by atoms with Gasteiger partial charge in [0.2, 0.25) is 0 Å². The highest BCUT2D eigenvalue weighted by atomic mass is 32.2. The lowest BCUT2D eigenvalue weighted by molar-refractivity contribution is -0.0355. The summed E-state index contributed by atoms with van der Waals surface area (Å²) in [5, 5.41) is 0. The maximum atomic E-state index is 5.83. The van der Waals surface area contributed by atoms with E-state index in [-0.39, 0.29) is 12.1 Å². The third-order valence-electron chi connectivity index (χ3n) is 2.52. The fraction of sp³-hybridized carbons (Fsp3) is 1.00. The van der Waals surface area contributed by atoms with Gasteiger partial charge in [0, 0.05) is 31.4 Å². The van der Waals surface area contributed by atoms with E-state index in [2.05, 4.69) is 11.8 Å². The minimum absolute atomic E-state index is 0.150. The van der Waals surface area contributed by atoms with Crippen molar-refractivity contribution in [1.29, 1.82) is 0 Å². The third-order valence-corrected chi connectivity index (χ3v) is 3.40. The van der Waals surface area contributed by atoms with Crippen LogP contribution in [0.4, 0.5) is 0 Å². The van der Waals surface area contributed by atoms with Crippen LogP contribution in [0.3, 0.4) is 0 Å². The van der Waals surface area contributed by atoms with Crippen LogP contribution in [0.2, 0.25) is 0 Å². The molecule has 2 N–H and O–H groups in total. The standard InChI is InChI=1S/C10H22N2OS/c1-3-14-7-5-12-4-6-13-10(8-12)9(2)11/h9-10H,3-8,11H2,1-2H3. The van der Waals surface area contributed by atoms with Crippen LogP contribution >= 0.6 is 11.8 Å². The molecule has 0 bridgehead atoms. The van der Waals surface area contributed by atoms with Gasteiger partial charge in [-0.1, -0.05) is 6.92 Å². The SMILES string of the molecule is CCSCCN1CCOC(C(C)N)C1. The van der Waals surface area contributed by atoms with Crippen molar-refractivity contribution in [3.63, 3.8) is 0 Å². The molecular weight excluding hydrogens is 196 g/mol. The summed E-state index contributed by atoms with van der Waals surface area (Å²) in [6.45, 7) is 8.30. The van der Waals surface area contributed by atoms with Crippen molar-refractivity contribution in [2.45, 2.75) is 26.0 Å². The maximum Gasteiger partial charge on any atom is 0.0850 e. The van der Waals surface area contributed by atoms with E-state index in [9.17, 15) is 0 Å². The lowest BCUT2D eigenvalue weighted by Gasteiger charge is -2.34. The van der Waals surface area contributed by atoms with E-state index in [1.807, 2.05) is 18.7 Å². The van der Waals surface area contributed by atoms with Crippen molar-refractivity contribution in [3.05, 3.63) is 0 Å². The number of rotatable bonds is 5. The van der Waals surface area contributed by atoms with E-state index in [0.29, 0.717) is 0 Å². The summed E-state index contributed by atoms with van der Waals surface area (Å²) in [4.78, 5) is 2.46. The van der Waals surface area contributed by atoms with Crippen LogP contribution in [0.15, 0.2) is 0 Å². The monoisotopic (exact) mass is 218 g/mol. The molecule has 14 heavy (non-hydrogen) atoms. The van der Waals surface area contributed by atoms with Gasteiger partial charge in [-0.15, -0.1) is 0 Å². The van der Waals surface area contributed by atoms with Gasteiger partial charge in [-0.25, -0.2) is 0 Å². The number of hydrogen-bond acceptors (Lipinski definition) is 4. The molecule has 1 aliphatic heterocycles. The lowest BCUT2D eigenvalue weighted by atomic mass is 10.1. The molecule has 2 unspecified atom stereocenters. The Hall–Kier alpha value is 0.230. The highest BCUT2D eigenvalue weighted by molar-refractivity contribution is 7.99. The molecule has 1 heterocycles. The van der Waals surface area contributed by atoms with E-state index in [0.717, 1.165) is 19.7 Å². The predicted octanol–water partition coefficient (Wildman–Crippen LogP) is 0.788. The first kappa shape index (κ1) is 12.3. The Labute approximate surface area is 91.4 Å². The molecule has 0 saturated carbocycles. The zero-order valence-electron chi connectivity index (χ0n) is 9.24. The molecule has 0 amide bonds. The molecule has 1 fully saturated rings. The van der Waals surface area contributed by atoms with Gasteiger partial charge >= 0.3 is 0 Å². The van der Waals surface area contributed by atoms with Crippen molar-refractivity contribution in [2.24, 2.45) is 5.73 Å². The molecule has 3 nitrogen and oxygen atoms in total. The molecule has 1 rings (SSSR count). The van der Waals surface area contributed by atoms with Crippen molar-refractivity contribution < 1.29 is 4.74 Å². The lowest BCUT2D eigenvalue weighted by Crippen LogP contribution is -2.50. The fourth-order valence-electron chi connectivity index (χ4n) is 1.59. The number of hydrogen-bond donors (Lipinski definition) is 1. The van der Waals surface area contributed by atoms with Gasteiger partial charge in [0.1, 0.15) is 0 Å². The van der Waals surface area contributed by atoms with E-state index >= 15 is 0 Å². The molecule has 0 spiro atoms. The van der Waals surface area contributed by atoms with Gasteiger partial charge in [0.15, 0.2) is 0 Å². The topological polar surface area (TPSA) is 38.5 Å². The second kappa shape index (κ2) is 6.67. The maximum absolute atomic E-state index is 5.83. The van der Waals surface area contributed by atoms with Crippen molar-refractivity contribution in [2.75, 3.05) is 37.7 Å². The average Bonchev–Trinajstić information content (AvgIpc) is 2.19. The minimum Gasteiger partial charge on any atom is -0.374 e. The van der Waals surface area contributed by atoms with Crippen LogP contribution in [0.1, 0.15) is 13.8 Å². The van der Waals surface area contributed by atoms with Gasteiger partial charge in [-0.2, -0.15) is 11.8 Å². The second-order valence-corrected chi connectivity index (χ2v) is 5.16.